The maximum atomic E-state index is 11.6. The van der Waals surface area contributed by atoms with Gasteiger partial charge in [0.2, 0.25) is 5.91 Å². The molecule has 1 aliphatic heterocycles. The van der Waals surface area contributed by atoms with Crippen LogP contribution in [0.25, 0.3) is 0 Å². The Hall–Kier alpha value is -1.08. The van der Waals surface area contributed by atoms with Crippen LogP contribution in [0, 0.1) is 17.2 Å². The zero-order valence-electron chi connectivity index (χ0n) is 9.00. The van der Waals surface area contributed by atoms with Crippen LogP contribution < -0.4 is 5.32 Å². The second-order valence-electron chi connectivity index (χ2n) is 4.29. The molecule has 0 spiro atoms. The highest BCUT2D eigenvalue weighted by Crippen LogP contribution is 2.18. The fourth-order valence-corrected chi connectivity index (χ4v) is 1.63. The van der Waals surface area contributed by atoms with Gasteiger partial charge in [-0.1, -0.05) is 0 Å². The number of hydrogen-bond donors (Lipinski definition) is 1. The number of carbonyl (C=O) groups excluding carboxylic acids is 1. The zero-order valence-corrected chi connectivity index (χ0v) is 9.00. The molecule has 4 heteroatoms. The Morgan fingerprint density at radius 3 is 2.93 bits per heavy atom. The van der Waals surface area contributed by atoms with E-state index in [0.29, 0.717) is 13.1 Å². The molecule has 14 heavy (non-hydrogen) atoms. The molecular weight excluding hydrogens is 178 g/mol. The molecule has 1 unspecified atom stereocenters. The predicted octanol–water partition coefficient (Wildman–Crippen LogP) is 0.356. The summed E-state index contributed by atoms with van der Waals surface area (Å²) >= 11 is 0. The third-order valence-electron chi connectivity index (χ3n) is 2.73. The molecule has 1 heterocycles. The van der Waals surface area contributed by atoms with Crippen LogP contribution in [-0.2, 0) is 4.79 Å². The van der Waals surface area contributed by atoms with E-state index in [1.165, 1.54) is 0 Å². The lowest BCUT2D eigenvalue weighted by Crippen LogP contribution is -2.62. The summed E-state index contributed by atoms with van der Waals surface area (Å²) in [5.41, 5.74) is -0.483. The number of nitrogens with zero attached hydrogens (tertiary/aromatic N) is 2. The van der Waals surface area contributed by atoms with E-state index < -0.39 is 5.54 Å². The molecule has 1 N–H and O–H groups in total. The van der Waals surface area contributed by atoms with E-state index in [1.807, 2.05) is 20.8 Å². The van der Waals surface area contributed by atoms with Gasteiger partial charge in [-0.15, -0.1) is 0 Å². The van der Waals surface area contributed by atoms with Crippen molar-refractivity contribution in [2.45, 2.75) is 26.3 Å². The fraction of sp³-hybridized carbons (Fsp3) is 0.800. The quantitative estimate of drug-likeness (QED) is 0.692. The lowest BCUT2D eigenvalue weighted by molar-refractivity contribution is -0.135. The van der Waals surface area contributed by atoms with Gasteiger partial charge in [0.1, 0.15) is 0 Å². The minimum absolute atomic E-state index is 0.0276. The molecule has 0 saturated carbocycles. The van der Waals surface area contributed by atoms with Crippen molar-refractivity contribution < 1.29 is 4.79 Å². The van der Waals surface area contributed by atoms with Gasteiger partial charge in [0.15, 0.2) is 0 Å². The molecule has 1 aliphatic rings. The van der Waals surface area contributed by atoms with Gasteiger partial charge in [-0.2, -0.15) is 5.26 Å². The predicted molar refractivity (Wildman–Crippen MR) is 53.4 cm³/mol. The van der Waals surface area contributed by atoms with E-state index in [0.717, 1.165) is 6.54 Å². The number of nitrogens with one attached hydrogen (secondary N) is 1. The Labute approximate surface area is 84.9 Å². The minimum Gasteiger partial charge on any atom is -0.353 e. The highest BCUT2D eigenvalue weighted by atomic mass is 16.2. The summed E-state index contributed by atoms with van der Waals surface area (Å²) in [6.07, 6.45) is 0. The normalized spacial score (nSPS) is 23.7. The minimum atomic E-state index is -0.483. The van der Waals surface area contributed by atoms with Crippen molar-refractivity contribution in [2.24, 2.45) is 5.92 Å². The molecule has 0 radical (unpaired) electrons. The van der Waals surface area contributed by atoms with Crippen LogP contribution in [0.2, 0.25) is 0 Å². The van der Waals surface area contributed by atoms with Gasteiger partial charge in [-0.25, -0.2) is 0 Å². The highest BCUT2D eigenvalue weighted by molar-refractivity contribution is 5.86. The molecule has 4 nitrogen and oxygen atoms in total. The smallest absolute Gasteiger partial charge is 0.239 e. The van der Waals surface area contributed by atoms with Crippen LogP contribution in [0.5, 0.6) is 0 Å². The first kappa shape index (κ1) is 11.0. The Morgan fingerprint density at radius 1 is 1.71 bits per heavy atom. The first-order valence-corrected chi connectivity index (χ1v) is 4.91. The van der Waals surface area contributed by atoms with Crippen LogP contribution in [0.3, 0.4) is 0 Å². The van der Waals surface area contributed by atoms with Crippen molar-refractivity contribution in [3.05, 3.63) is 0 Å². The molecular formula is C10H17N3O. The number of nitriles is 1. The average molecular weight is 195 g/mol. The summed E-state index contributed by atoms with van der Waals surface area (Å²) in [5.74, 6) is 0.0223. The van der Waals surface area contributed by atoms with Crippen LogP contribution in [0.4, 0.5) is 0 Å². The molecule has 78 valence electrons. The first-order valence-electron chi connectivity index (χ1n) is 4.91. The number of hydrogen-bond acceptors (Lipinski definition) is 3. The van der Waals surface area contributed by atoms with Gasteiger partial charge >= 0.3 is 0 Å². The van der Waals surface area contributed by atoms with Crippen molar-refractivity contribution in [1.29, 1.82) is 5.26 Å². The Bertz CT molecular complexity index is 267. The molecule has 1 saturated heterocycles. The number of carbonyl (C=O) groups is 1. The molecule has 0 aliphatic carbocycles. The maximum Gasteiger partial charge on any atom is 0.239 e. The van der Waals surface area contributed by atoms with Crippen LogP contribution in [0.15, 0.2) is 0 Å². The Kier molecular flexibility index (Phi) is 3.12. The third kappa shape index (κ3) is 2.05. The van der Waals surface area contributed by atoms with Crippen LogP contribution in [-0.4, -0.2) is 36.0 Å². The standard InChI is InChI=1S/C10H17N3O/c1-8(6-11)7-13-5-4-12-9(14)10(13,2)3/h8H,4-5,7H2,1-3H3,(H,12,14). The molecule has 1 amide bonds. The topological polar surface area (TPSA) is 56.1 Å². The monoisotopic (exact) mass is 195 g/mol. The zero-order chi connectivity index (χ0) is 10.8. The second-order valence-corrected chi connectivity index (χ2v) is 4.29. The van der Waals surface area contributed by atoms with Crippen molar-refractivity contribution >= 4 is 5.91 Å². The number of piperazine rings is 1. The van der Waals surface area contributed by atoms with E-state index in [1.54, 1.807) is 0 Å². The molecule has 0 aromatic heterocycles. The van der Waals surface area contributed by atoms with E-state index in [2.05, 4.69) is 16.3 Å². The largest absolute Gasteiger partial charge is 0.353 e. The molecule has 0 aromatic rings. The van der Waals surface area contributed by atoms with Gasteiger partial charge in [-0.05, 0) is 20.8 Å². The first-order chi connectivity index (χ1) is 6.48. The van der Waals surface area contributed by atoms with Crippen LogP contribution >= 0.6 is 0 Å². The van der Waals surface area contributed by atoms with E-state index in [9.17, 15) is 4.79 Å². The average Bonchev–Trinajstić information content (AvgIpc) is 2.13. The van der Waals surface area contributed by atoms with E-state index in [-0.39, 0.29) is 11.8 Å². The summed E-state index contributed by atoms with van der Waals surface area (Å²) in [6, 6.07) is 2.19. The number of rotatable bonds is 2. The van der Waals surface area contributed by atoms with Crippen molar-refractivity contribution in [3.8, 4) is 6.07 Å². The summed E-state index contributed by atoms with van der Waals surface area (Å²) in [5, 5.41) is 11.6. The van der Waals surface area contributed by atoms with Gasteiger partial charge in [0.25, 0.3) is 0 Å². The summed E-state index contributed by atoms with van der Waals surface area (Å²) in [4.78, 5) is 13.6. The number of amides is 1. The van der Waals surface area contributed by atoms with Crippen molar-refractivity contribution in [3.63, 3.8) is 0 Å². The van der Waals surface area contributed by atoms with Gasteiger partial charge in [0.05, 0.1) is 17.5 Å². The molecule has 1 atom stereocenters. The second kappa shape index (κ2) is 3.97. The third-order valence-corrected chi connectivity index (χ3v) is 2.73. The molecule has 0 aromatic carbocycles. The molecule has 0 bridgehead atoms. The summed E-state index contributed by atoms with van der Waals surface area (Å²) in [6.45, 7) is 7.84. The Balaban J connectivity index is 2.68. The summed E-state index contributed by atoms with van der Waals surface area (Å²) in [7, 11) is 0. The highest BCUT2D eigenvalue weighted by Gasteiger charge is 2.37. The molecule has 1 rings (SSSR count). The lowest BCUT2D eigenvalue weighted by atomic mass is 9.97. The van der Waals surface area contributed by atoms with Gasteiger partial charge in [0, 0.05) is 19.6 Å². The SMILES string of the molecule is CC(C#N)CN1CCNC(=O)C1(C)C. The van der Waals surface area contributed by atoms with E-state index in [4.69, 9.17) is 5.26 Å². The summed E-state index contributed by atoms with van der Waals surface area (Å²) < 4.78 is 0. The van der Waals surface area contributed by atoms with Crippen LogP contribution in [0.1, 0.15) is 20.8 Å². The lowest BCUT2D eigenvalue weighted by Gasteiger charge is -2.41. The molecule has 1 fully saturated rings. The maximum absolute atomic E-state index is 11.6. The van der Waals surface area contributed by atoms with E-state index >= 15 is 0 Å². The van der Waals surface area contributed by atoms with Crippen molar-refractivity contribution in [1.82, 2.24) is 10.2 Å². The Morgan fingerprint density at radius 2 is 2.36 bits per heavy atom. The van der Waals surface area contributed by atoms with Gasteiger partial charge in [-0.3, -0.25) is 9.69 Å². The van der Waals surface area contributed by atoms with Gasteiger partial charge < -0.3 is 5.32 Å². The van der Waals surface area contributed by atoms with Crippen molar-refractivity contribution in [2.75, 3.05) is 19.6 Å². The fourth-order valence-electron chi connectivity index (χ4n) is 1.63.